The zero-order valence-electron chi connectivity index (χ0n) is 10.8. The van der Waals surface area contributed by atoms with E-state index in [-0.39, 0.29) is 0 Å². The quantitative estimate of drug-likeness (QED) is 0.823. The van der Waals surface area contributed by atoms with E-state index >= 15 is 0 Å². The Morgan fingerprint density at radius 1 is 1.36 bits per heavy atom. The average molecular weight is 341 g/mol. The van der Waals surface area contributed by atoms with Crippen LogP contribution >= 0.6 is 0 Å². The fraction of sp³-hybridized carbons (Fsp3) is 0.364. The van der Waals surface area contributed by atoms with Gasteiger partial charge in [0.15, 0.2) is 0 Å². The van der Waals surface area contributed by atoms with Gasteiger partial charge in [0.1, 0.15) is 16.2 Å². The van der Waals surface area contributed by atoms with Gasteiger partial charge in [0, 0.05) is 6.42 Å². The molecular formula is C11H10F3NO6S. The number of rotatable bonds is 4. The predicted molar refractivity (Wildman–Crippen MR) is 64.3 cm³/mol. The summed E-state index contributed by atoms with van der Waals surface area (Å²) in [5, 5.41) is 4.90. The topological polar surface area (TPSA) is 105 Å². The third kappa shape index (κ3) is 3.87. The van der Waals surface area contributed by atoms with Crippen molar-refractivity contribution in [3.63, 3.8) is 0 Å². The van der Waals surface area contributed by atoms with E-state index in [0.29, 0.717) is 13.0 Å². The summed E-state index contributed by atoms with van der Waals surface area (Å²) in [7, 11) is -4.47. The molecule has 1 atom stereocenters. The van der Waals surface area contributed by atoms with Gasteiger partial charge >= 0.3 is 12.3 Å². The van der Waals surface area contributed by atoms with Gasteiger partial charge in [0.05, 0.1) is 6.61 Å². The largest absolute Gasteiger partial charge is 0.573 e. The first-order valence-electron chi connectivity index (χ1n) is 5.82. The summed E-state index contributed by atoms with van der Waals surface area (Å²) in [4.78, 5) is 11.1. The smallest absolute Gasteiger partial charge is 0.432 e. The number of alkyl halides is 3. The Morgan fingerprint density at radius 2 is 2.00 bits per heavy atom. The highest BCUT2D eigenvalue weighted by atomic mass is 32.2. The number of hydrogen-bond donors (Lipinski definition) is 1. The number of carbonyl (C=O) groups excluding carboxylic acids is 1. The monoisotopic (exact) mass is 341 g/mol. The van der Waals surface area contributed by atoms with Crippen LogP contribution in [0.15, 0.2) is 23.1 Å². The molecule has 1 fully saturated rings. The SMILES string of the molecule is NS(=O)(=O)c1cccc(OC(F)(F)F)c1C(=O)OC1CCO1. The Balaban J connectivity index is 2.47. The molecule has 1 aromatic carbocycles. The Kier molecular flexibility index (Phi) is 4.31. The lowest BCUT2D eigenvalue weighted by atomic mass is 10.2. The van der Waals surface area contributed by atoms with Gasteiger partial charge in [-0.2, -0.15) is 0 Å². The van der Waals surface area contributed by atoms with Crippen molar-refractivity contribution in [3.8, 4) is 5.75 Å². The first-order chi connectivity index (χ1) is 10.1. The number of carbonyl (C=O) groups is 1. The molecule has 11 heteroatoms. The molecule has 1 aromatic rings. The third-order valence-corrected chi connectivity index (χ3v) is 3.57. The first-order valence-corrected chi connectivity index (χ1v) is 7.37. The molecule has 7 nitrogen and oxygen atoms in total. The van der Waals surface area contributed by atoms with E-state index in [1.807, 2.05) is 0 Å². The van der Waals surface area contributed by atoms with Gasteiger partial charge in [-0.15, -0.1) is 13.2 Å². The van der Waals surface area contributed by atoms with E-state index in [9.17, 15) is 26.4 Å². The van der Waals surface area contributed by atoms with Crippen molar-refractivity contribution in [1.82, 2.24) is 0 Å². The van der Waals surface area contributed by atoms with Crippen LogP contribution in [0.5, 0.6) is 5.75 Å². The molecular weight excluding hydrogens is 331 g/mol. The van der Waals surface area contributed by atoms with Crippen molar-refractivity contribution in [2.45, 2.75) is 24.0 Å². The molecule has 122 valence electrons. The highest BCUT2D eigenvalue weighted by Crippen LogP contribution is 2.31. The summed E-state index contributed by atoms with van der Waals surface area (Å²) < 4.78 is 73.2. The number of esters is 1. The van der Waals surface area contributed by atoms with Gasteiger partial charge in [0.25, 0.3) is 0 Å². The summed E-state index contributed by atoms with van der Waals surface area (Å²) in [6.45, 7) is 0.320. The van der Waals surface area contributed by atoms with Crippen molar-refractivity contribution in [3.05, 3.63) is 23.8 Å². The Bertz CT molecular complexity index is 684. The summed E-state index contributed by atoms with van der Waals surface area (Å²) >= 11 is 0. The molecule has 1 unspecified atom stereocenters. The Morgan fingerprint density at radius 3 is 2.45 bits per heavy atom. The van der Waals surface area contributed by atoms with Crippen LogP contribution in [0.4, 0.5) is 13.2 Å². The van der Waals surface area contributed by atoms with Crippen LogP contribution in [0.2, 0.25) is 0 Å². The molecule has 2 N–H and O–H groups in total. The van der Waals surface area contributed by atoms with Crippen LogP contribution in [0.3, 0.4) is 0 Å². The molecule has 0 aromatic heterocycles. The van der Waals surface area contributed by atoms with Crippen molar-refractivity contribution in [1.29, 1.82) is 0 Å². The average Bonchev–Trinajstić information content (AvgIpc) is 2.30. The van der Waals surface area contributed by atoms with Crippen molar-refractivity contribution < 1.29 is 40.6 Å². The number of halogens is 3. The Hall–Kier alpha value is -1.85. The molecule has 1 saturated heterocycles. The number of sulfonamides is 1. The number of nitrogens with two attached hydrogens (primary N) is 1. The second-order valence-corrected chi connectivity index (χ2v) is 5.75. The molecule has 0 radical (unpaired) electrons. The van der Waals surface area contributed by atoms with Gasteiger partial charge in [-0.3, -0.25) is 0 Å². The van der Waals surface area contributed by atoms with E-state index in [1.54, 1.807) is 0 Å². The molecule has 0 aliphatic carbocycles. The third-order valence-electron chi connectivity index (χ3n) is 2.62. The Labute approximate surface area is 122 Å². The molecule has 0 saturated carbocycles. The van der Waals surface area contributed by atoms with Gasteiger partial charge in [-0.25, -0.2) is 18.4 Å². The van der Waals surface area contributed by atoms with Crippen molar-refractivity contribution in [2.75, 3.05) is 6.61 Å². The standard InChI is InChI=1S/C11H10F3NO6S/c12-11(13,14)21-6-2-1-3-7(22(15,17)18)9(6)10(16)20-8-4-5-19-8/h1-3,8H,4-5H2,(H2,15,17,18). The van der Waals surface area contributed by atoms with Crippen LogP contribution in [0.1, 0.15) is 16.8 Å². The summed E-state index contributed by atoms with van der Waals surface area (Å²) in [5.74, 6) is -2.36. The zero-order valence-corrected chi connectivity index (χ0v) is 11.6. The van der Waals surface area contributed by atoms with Gasteiger partial charge in [-0.05, 0) is 12.1 Å². The van der Waals surface area contributed by atoms with Gasteiger partial charge in [0.2, 0.25) is 16.3 Å². The molecule has 22 heavy (non-hydrogen) atoms. The zero-order chi connectivity index (χ0) is 16.5. The van der Waals surface area contributed by atoms with E-state index in [0.717, 1.165) is 18.2 Å². The first kappa shape index (κ1) is 16.5. The summed E-state index contributed by atoms with van der Waals surface area (Å²) in [5.41, 5.74) is -0.933. The fourth-order valence-electron chi connectivity index (χ4n) is 1.64. The van der Waals surface area contributed by atoms with Crippen LogP contribution in [-0.2, 0) is 19.5 Å². The van der Waals surface area contributed by atoms with Gasteiger partial charge < -0.3 is 14.2 Å². The summed E-state index contributed by atoms with van der Waals surface area (Å²) in [6.07, 6.45) is -5.72. The van der Waals surface area contributed by atoms with E-state index in [1.165, 1.54) is 0 Å². The lowest BCUT2D eigenvalue weighted by molar-refractivity contribution is -0.274. The number of primary sulfonamides is 1. The number of benzene rings is 1. The lowest BCUT2D eigenvalue weighted by Gasteiger charge is -2.26. The summed E-state index contributed by atoms with van der Waals surface area (Å²) in [6, 6.07) is 2.61. The number of ether oxygens (including phenoxy) is 3. The minimum atomic E-state index is -5.13. The molecule has 1 aliphatic rings. The number of hydrogen-bond acceptors (Lipinski definition) is 6. The van der Waals surface area contributed by atoms with E-state index < -0.39 is 44.9 Å². The van der Waals surface area contributed by atoms with Crippen molar-refractivity contribution in [2.24, 2.45) is 5.14 Å². The molecule has 0 bridgehead atoms. The van der Waals surface area contributed by atoms with Crippen LogP contribution in [-0.4, -0.2) is 33.6 Å². The maximum absolute atomic E-state index is 12.4. The minimum absolute atomic E-state index is 0.320. The minimum Gasteiger partial charge on any atom is -0.432 e. The van der Waals surface area contributed by atoms with Crippen LogP contribution in [0.25, 0.3) is 0 Å². The maximum Gasteiger partial charge on any atom is 0.573 e. The van der Waals surface area contributed by atoms with Crippen molar-refractivity contribution >= 4 is 16.0 Å². The highest BCUT2D eigenvalue weighted by molar-refractivity contribution is 7.89. The normalized spacial score (nSPS) is 18.5. The second-order valence-electron chi connectivity index (χ2n) is 4.22. The fourth-order valence-corrected chi connectivity index (χ4v) is 2.38. The molecule has 1 aliphatic heterocycles. The molecule has 2 rings (SSSR count). The lowest BCUT2D eigenvalue weighted by Crippen LogP contribution is -2.33. The van der Waals surface area contributed by atoms with Gasteiger partial charge in [-0.1, -0.05) is 6.07 Å². The van der Waals surface area contributed by atoms with Crippen LogP contribution < -0.4 is 9.88 Å². The van der Waals surface area contributed by atoms with E-state index in [4.69, 9.17) is 14.6 Å². The van der Waals surface area contributed by atoms with E-state index in [2.05, 4.69) is 4.74 Å². The second kappa shape index (κ2) is 5.74. The molecule has 0 amide bonds. The predicted octanol–water partition coefficient (Wildman–Crippen LogP) is 1.14. The maximum atomic E-state index is 12.4. The molecule has 1 heterocycles. The molecule has 0 spiro atoms. The van der Waals surface area contributed by atoms with Crippen LogP contribution in [0, 0.1) is 0 Å². The highest BCUT2D eigenvalue weighted by Gasteiger charge is 2.36.